The summed E-state index contributed by atoms with van der Waals surface area (Å²) in [6, 6.07) is 9.75. The predicted octanol–water partition coefficient (Wildman–Crippen LogP) is 4.82. The molecule has 0 saturated carbocycles. The number of carbonyl (C=O) groups excluding carboxylic acids is 1. The number of benzene rings is 2. The summed E-state index contributed by atoms with van der Waals surface area (Å²) in [5.41, 5.74) is -0.334. The highest BCUT2D eigenvalue weighted by Crippen LogP contribution is 2.40. The first kappa shape index (κ1) is 16.5. The molecule has 6 heteroatoms. The number of amides is 1. The van der Waals surface area contributed by atoms with Gasteiger partial charge in [0, 0.05) is 12.1 Å². The van der Waals surface area contributed by atoms with Crippen LogP contribution in [-0.2, 0) is 6.18 Å². The van der Waals surface area contributed by atoms with Crippen molar-refractivity contribution in [1.82, 2.24) is 4.90 Å². The number of halogens is 4. The zero-order chi connectivity index (χ0) is 17.3. The van der Waals surface area contributed by atoms with Gasteiger partial charge in [-0.1, -0.05) is 18.2 Å². The molecular weight excluding hydrogens is 322 g/mol. The van der Waals surface area contributed by atoms with E-state index in [2.05, 4.69) is 0 Å². The minimum absolute atomic E-state index is 0.109. The molecule has 1 unspecified atom stereocenters. The predicted molar refractivity (Wildman–Crippen MR) is 80.9 cm³/mol. The molecule has 0 N–H and O–H groups in total. The molecule has 3 rings (SSSR count). The number of likely N-dealkylation sites (tertiary alicyclic amines) is 1. The topological polar surface area (TPSA) is 20.3 Å². The second-order valence-corrected chi connectivity index (χ2v) is 5.75. The molecule has 0 spiro atoms. The maximum absolute atomic E-state index is 13.3. The van der Waals surface area contributed by atoms with Crippen LogP contribution in [-0.4, -0.2) is 17.4 Å². The van der Waals surface area contributed by atoms with Crippen molar-refractivity contribution in [2.75, 3.05) is 6.54 Å². The van der Waals surface area contributed by atoms with Gasteiger partial charge in [0.1, 0.15) is 5.82 Å². The third-order valence-corrected chi connectivity index (χ3v) is 4.23. The molecule has 1 saturated heterocycles. The van der Waals surface area contributed by atoms with Crippen LogP contribution >= 0.6 is 0 Å². The lowest BCUT2D eigenvalue weighted by Crippen LogP contribution is -2.31. The summed E-state index contributed by atoms with van der Waals surface area (Å²) in [5.74, 6) is -0.846. The van der Waals surface area contributed by atoms with Gasteiger partial charge in [-0.25, -0.2) is 4.39 Å². The molecule has 0 aliphatic carbocycles. The average Bonchev–Trinajstić information content (AvgIpc) is 3.03. The van der Waals surface area contributed by atoms with Crippen LogP contribution in [0.25, 0.3) is 0 Å². The van der Waals surface area contributed by atoms with E-state index in [1.54, 1.807) is 6.07 Å². The summed E-state index contributed by atoms with van der Waals surface area (Å²) in [7, 11) is 0. The van der Waals surface area contributed by atoms with Crippen molar-refractivity contribution in [2.45, 2.75) is 25.1 Å². The Bertz CT molecular complexity index is 739. The van der Waals surface area contributed by atoms with Crippen LogP contribution < -0.4 is 0 Å². The quantitative estimate of drug-likeness (QED) is 0.719. The minimum atomic E-state index is -4.47. The highest BCUT2D eigenvalue weighted by atomic mass is 19.4. The summed E-state index contributed by atoms with van der Waals surface area (Å²) < 4.78 is 52.8. The molecule has 0 aromatic heterocycles. The van der Waals surface area contributed by atoms with Crippen LogP contribution in [0.15, 0.2) is 48.5 Å². The lowest BCUT2D eigenvalue weighted by molar-refractivity contribution is -0.138. The zero-order valence-electron chi connectivity index (χ0n) is 12.7. The van der Waals surface area contributed by atoms with Crippen LogP contribution in [0.3, 0.4) is 0 Å². The molecule has 0 bridgehead atoms. The minimum Gasteiger partial charge on any atom is -0.332 e. The molecule has 0 radical (unpaired) electrons. The molecule has 1 aliphatic heterocycles. The highest BCUT2D eigenvalue weighted by molar-refractivity contribution is 5.94. The maximum Gasteiger partial charge on any atom is 0.416 e. The first-order valence-corrected chi connectivity index (χ1v) is 7.60. The van der Waals surface area contributed by atoms with Gasteiger partial charge in [0.15, 0.2) is 0 Å². The van der Waals surface area contributed by atoms with Crippen LogP contribution in [0.4, 0.5) is 17.6 Å². The Kier molecular flexibility index (Phi) is 4.30. The number of hydrogen-bond donors (Lipinski definition) is 0. The monoisotopic (exact) mass is 337 g/mol. The zero-order valence-corrected chi connectivity index (χ0v) is 12.7. The standard InChI is InChI=1S/C18H15F4NO/c19-13-9-7-12(8-10-13)17(24)23-11-3-6-16(23)14-4-1-2-5-15(14)18(20,21)22/h1-2,4-5,7-10,16H,3,6,11H2. The molecule has 2 nitrogen and oxygen atoms in total. The third kappa shape index (κ3) is 3.13. The Balaban J connectivity index is 1.94. The van der Waals surface area contributed by atoms with E-state index in [4.69, 9.17) is 0 Å². The first-order chi connectivity index (χ1) is 11.4. The number of alkyl halides is 3. The fourth-order valence-corrected chi connectivity index (χ4v) is 3.14. The fraction of sp³-hybridized carbons (Fsp3) is 0.278. The van der Waals surface area contributed by atoms with Gasteiger partial charge in [-0.05, 0) is 48.7 Å². The Hall–Kier alpha value is -2.37. The van der Waals surface area contributed by atoms with Crippen molar-refractivity contribution in [3.05, 3.63) is 71.0 Å². The van der Waals surface area contributed by atoms with Gasteiger partial charge in [0.05, 0.1) is 11.6 Å². The lowest BCUT2D eigenvalue weighted by Gasteiger charge is -2.27. The first-order valence-electron chi connectivity index (χ1n) is 7.60. The molecule has 1 aliphatic rings. The van der Waals surface area contributed by atoms with E-state index in [1.807, 2.05) is 0 Å². The molecule has 1 fully saturated rings. The number of carbonyl (C=O) groups is 1. The van der Waals surface area contributed by atoms with Crippen LogP contribution in [0.2, 0.25) is 0 Å². The summed E-state index contributed by atoms with van der Waals surface area (Å²) in [4.78, 5) is 14.1. The summed E-state index contributed by atoms with van der Waals surface area (Å²) in [6.07, 6.45) is -3.37. The Labute approximate surface area is 136 Å². The van der Waals surface area contributed by atoms with Gasteiger partial charge in [0.25, 0.3) is 5.91 Å². The summed E-state index contributed by atoms with van der Waals surface area (Å²) in [5, 5.41) is 0. The normalized spacial score (nSPS) is 18.0. The molecule has 1 heterocycles. The number of rotatable bonds is 2. The van der Waals surface area contributed by atoms with Crippen LogP contribution in [0, 0.1) is 5.82 Å². The third-order valence-electron chi connectivity index (χ3n) is 4.23. The fourth-order valence-electron chi connectivity index (χ4n) is 3.14. The van der Waals surface area contributed by atoms with Gasteiger partial charge < -0.3 is 4.90 Å². The molecule has 1 atom stereocenters. The molecule has 2 aromatic carbocycles. The summed E-state index contributed by atoms with van der Waals surface area (Å²) in [6.45, 7) is 0.382. The van der Waals surface area contributed by atoms with Gasteiger partial charge in [-0.2, -0.15) is 13.2 Å². The Morgan fingerprint density at radius 2 is 1.71 bits per heavy atom. The lowest BCUT2D eigenvalue weighted by atomic mass is 9.97. The van der Waals surface area contributed by atoms with Crippen molar-refractivity contribution >= 4 is 5.91 Å². The summed E-state index contributed by atoms with van der Waals surface area (Å²) >= 11 is 0. The molecular formula is C18H15F4NO. The van der Waals surface area contributed by atoms with Crippen molar-refractivity contribution < 1.29 is 22.4 Å². The van der Waals surface area contributed by atoms with E-state index in [0.29, 0.717) is 19.4 Å². The molecule has 126 valence electrons. The van der Waals surface area contributed by atoms with Crippen LogP contribution in [0.1, 0.15) is 40.4 Å². The second kappa shape index (κ2) is 6.26. The second-order valence-electron chi connectivity index (χ2n) is 5.75. The number of hydrogen-bond acceptors (Lipinski definition) is 1. The molecule has 1 amide bonds. The molecule has 2 aromatic rings. The van der Waals surface area contributed by atoms with E-state index in [1.165, 1.54) is 41.3 Å². The SMILES string of the molecule is O=C(c1ccc(F)cc1)N1CCCC1c1ccccc1C(F)(F)F. The smallest absolute Gasteiger partial charge is 0.332 e. The maximum atomic E-state index is 13.3. The van der Waals surface area contributed by atoms with Gasteiger partial charge in [-0.15, -0.1) is 0 Å². The number of nitrogens with zero attached hydrogens (tertiary/aromatic N) is 1. The van der Waals surface area contributed by atoms with Gasteiger partial charge in [0.2, 0.25) is 0 Å². The van der Waals surface area contributed by atoms with Crippen molar-refractivity contribution in [1.29, 1.82) is 0 Å². The van der Waals surface area contributed by atoms with Crippen molar-refractivity contribution in [3.8, 4) is 0 Å². The Morgan fingerprint density at radius 1 is 1.04 bits per heavy atom. The molecule has 24 heavy (non-hydrogen) atoms. The van der Waals surface area contributed by atoms with E-state index in [9.17, 15) is 22.4 Å². The Morgan fingerprint density at radius 3 is 2.38 bits per heavy atom. The van der Waals surface area contributed by atoms with Gasteiger partial charge in [-0.3, -0.25) is 4.79 Å². The van der Waals surface area contributed by atoms with Crippen LogP contribution in [0.5, 0.6) is 0 Å². The van der Waals surface area contributed by atoms with E-state index < -0.39 is 23.6 Å². The van der Waals surface area contributed by atoms with E-state index >= 15 is 0 Å². The van der Waals surface area contributed by atoms with Gasteiger partial charge >= 0.3 is 6.18 Å². The highest BCUT2D eigenvalue weighted by Gasteiger charge is 2.39. The van der Waals surface area contributed by atoms with Crippen molar-refractivity contribution in [2.24, 2.45) is 0 Å². The van der Waals surface area contributed by atoms with Crippen molar-refractivity contribution in [3.63, 3.8) is 0 Å². The largest absolute Gasteiger partial charge is 0.416 e. The average molecular weight is 337 g/mol. The van der Waals surface area contributed by atoms with E-state index in [0.717, 1.165) is 6.07 Å². The van der Waals surface area contributed by atoms with E-state index in [-0.39, 0.29) is 17.0 Å².